The van der Waals surface area contributed by atoms with Gasteiger partial charge in [0.05, 0.1) is 0 Å². The first kappa shape index (κ1) is 9.72. The molecule has 1 aromatic carbocycles. The molecule has 0 fully saturated rings. The van der Waals surface area contributed by atoms with Gasteiger partial charge in [0, 0.05) is 9.58 Å². The largest absolute Gasteiger partial charge is 0.140 e. The molecule has 0 bridgehead atoms. The van der Waals surface area contributed by atoms with E-state index in [-0.39, 0.29) is 0 Å². The molecule has 0 aliphatic rings. The summed E-state index contributed by atoms with van der Waals surface area (Å²) in [4.78, 5) is 1.51. The summed E-state index contributed by atoms with van der Waals surface area (Å²) in [6.07, 6.45) is 4.80. The van der Waals surface area contributed by atoms with Crippen molar-refractivity contribution in [2.75, 3.05) is 0 Å². The molecule has 0 spiro atoms. The van der Waals surface area contributed by atoms with Gasteiger partial charge < -0.3 is 0 Å². The maximum atomic E-state index is 3.86. The Morgan fingerprint density at radius 2 is 2.00 bits per heavy atom. The normalized spacial score (nSPS) is 10.9. The summed E-state index contributed by atoms with van der Waals surface area (Å²) < 4.78 is 1.41. The van der Waals surface area contributed by atoms with Crippen molar-refractivity contribution in [1.82, 2.24) is 0 Å². The van der Waals surface area contributed by atoms with Gasteiger partial charge in [-0.1, -0.05) is 38.0 Å². The topological polar surface area (TPSA) is 0 Å². The van der Waals surface area contributed by atoms with Crippen LogP contribution in [0.2, 0.25) is 0 Å². The van der Waals surface area contributed by atoms with E-state index in [1.54, 1.807) is 0 Å². The molecule has 1 heteroatoms. The van der Waals surface area contributed by atoms with Gasteiger partial charge in [0.25, 0.3) is 0 Å². The number of hydrogen-bond donors (Lipinski definition) is 0. The van der Waals surface area contributed by atoms with E-state index in [2.05, 4.69) is 37.3 Å². The number of hydrogen-bond acceptors (Lipinski definition) is 1. The van der Waals surface area contributed by atoms with Gasteiger partial charge >= 0.3 is 0 Å². The average Bonchev–Trinajstić information content (AvgIpc) is 2.60. The van der Waals surface area contributed by atoms with E-state index in [0.717, 1.165) is 6.42 Å². The van der Waals surface area contributed by atoms with Crippen LogP contribution in [0.25, 0.3) is 10.1 Å². The third-order valence-corrected chi connectivity index (χ3v) is 3.58. The molecule has 0 aliphatic carbocycles. The van der Waals surface area contributed by atoms with Crippen molar-refractivity contribution < 1.29 is 0 Å². The molecule has 2 rings (SSSR count). The van der Waals surface area contributed by atoms with Gasteiger partial charge in [-0.3, -0.25) is 0 Å². The van der Waals surface area contributed by atoms with Crippen LogP contribution in [0, 0.1) is 6.92 Å². The van der Waals surface area contributed by atoms with Crippen molar-refractivity contribution in [3.05, 3.63) is 42.1 Å². The van der Waals surface area contributed by atoms with Crippen molar-refractivity contribution in [3.63, 3.8) is 0 Å². The number of unbranched alkanes of at least 4 members (excludes halogenated alkanes) is 2. The summed E-state index contributed by atoms with van der Waals surface area (Å²) in [6.45, 7) is 3.86. The quantitative estimate of drug-likeness (QED) is 0.644. The van der Waals surface area contributed by atoms with Crippen molar-refractivity contribution in [2.24, 2.45) is 0 Å². The molecule has 0 saturated heterocycles. The molecule has 0 unspecified atom stereocenters. The zero-order valence-electron chi connectivity index (χ0n) is 8.33. The van der Waals surface area contributed by atoms with Crippen LogP contribution in [0.5, 0.6) is 0 Å². The fourth-order valence-corrected chi connectivity index (χ4v) is 2.74. The minimum atomic E-state index is 1.06. The second kappa shape index (κ2) is 4.61. The van der Waals surface area contributed by atoms with Crippen LogP contribution >= 0.6 is 11.3 Å². The van der Waals surface area contributed by atoms with Gasteiger partial charge in [-0.15, -0.1) is 11.3 Å². The molecule has 1 aromatic heterocycles. The maximum absolute atomic E-state index is 3.86. The third-order valence-electron chi connectivity index (χ3n) is 2.40. The molecule has 2 aromatic rings. The monoisotopic (exact) mass is 203 g/mol. The van der Waals surface area contributed by atoms with E-state index < -0.39 is 0 Å². The molecule has 14 heavy (non-hydrogen) atoms. The molecular weight excluding hydrogens is 188 g/mol. The predicted molar refractivity (Wildman–Crippen MR) is 64.7 cm³/mol. The van der Waals surface area contributed by atoms with Gasteiger partial charge in [0.15, 0.2) is 0 Å². The molecule has 0 aliphatic heterocycles. The minimum absolute atomic E-state index is 1.06. The third kappa shape index (κ3) is 2.16. The fourth-order valence-electron chi connectivity index (χ4n) is 1.64. The maximum Gasteiger partial charge on any atom is 0.0345 e. The Morgan fingerprint density at radius 1 is 1.14 bits per heavy atom. The molecule has 0 nitrogen and oxygen atoms in total. The number of thiophene rings is 1. The minimum Gasteiger partial charge on any atom is -0.140 e. The lowest BCUT2D eigenvalue weighted by molar-refractivity contribution is 0.753. The van der Waals surface area contributed by atoms with Crippen LogP contribution in [-0.4, -0.2) is 0 Å². The Hall–Kier alpha value is -0.820. The summed E-state index contributed by atoms with van der Waals surface area (Å²) in [6, 6.07) is 10.9. The second-order valence-electron chi connectivity index (χ2n) is 3.56. The first-order chi connectivity index (χ1) is 6.90. The Balaban J connectivity index is 2.11. The first-order valence-corrected chi connectivity index (χ1v) is 5.98. The SMILES string of the molecule is [CH2]CCCCc1cc2ccccc2s1. The summed E-state index contributed by atoms with van der Waals surface area (Å²) >= 11 is 1.93. The van der Waals surface area contributed by atoms with Crippen LogP contribution in [0.15, 0.2) is 30.3 Å². The average molecular weight is 203 g/mol. The van der Waals surface area contributed by atoms with Gasteiger partial charge in [0.2, 0.25) is 0 Å². The van der Waals surface area contributed by atoms with E-state index in [1.807, 2.05) is 11.3 Å². The highest BCUT2D eigenvalue weighted by molar-refractivity contribution is 7.19. The number of benzene rings is 1. The lowest BCUT2D eigenvalue weighted by atomic mass is 10.1. The highest BCUT2D eigenvalue weighted by Gasteiger charge is 1.99. The summed E-state index contributed by atoms with van der Waals surface area (Å²) in [5.74, 6) is 0. The van der Waals surface area contributed by atoms with E-state index in [9.17, 15) is 0 Å². The molecule has 0 amide bonds. The van der Waals surface area contributed by atoms with Gasteiger partial charge in [-0.25, -0.2) is 0 Å². The Bertz CT molecular complexity index is 367. The zero-order chi connectivity index (χ0) is 9.80. The van der Waals surface area contributed by atoms with Crippen molar-refractivity contribution in [1.29, 1.82) is 0 Å². The number of aryl methyl sites for hydroxylation is 1. The molecule has 0 N–H and O–H groups in total. The van der Waals surface area contributed by atoms with Crippen molar-refractivity contribution >= 4 is 21.4 Å². The molecule has 1 radical (unpaired) electrons. The van der Waals surface area contributed by atoms with Gasteiger partial charge in [-0.2, -0.15) is 0 Å². The highest BCUT2D eigenvalue weighted by atomic mass is 32.1. The molecule has 0 atom stereocenters. The highest BCUT2D eigenvalue weighted by Crippen LogP contribution is 2.26. The first-order valence-electron chi connectivity index (χ1n) is 5.17. The van der Waals surface area contributed by atoms with Crippen LogP contribution in [-0.2, 0) is 6.42 Å². The lowest BCUT2D eigenvalue weighted by Crippen LogP contribution is -1.78. The van der Waals surface area contributed by atoms with E-state index in [0.29, 0.717) is 0 Å². The molecule has 73 valence electrons. The molecular formula is C13H15S. The summed E-state index contributed by atoms with van der Waals surface area (Å²) in [7, 11) is 0. The van der Waals surface area contributed by atoms with E-state index in [4.69, 9.17) is 0 Å². The Labute approximate surface area is 89.6 Å². The van der Waals surface area contributed by atoms with Gasteiger partial charge in [0.1, 0.15) is 0 Å². The smallest absolute Gasteiger partial charge is 0.0345 e. The summed E-state index contributed by atoms with van der Waals surface area (Å²) in [5, 5.41) is 1.39. The fraction of sp³-hybridized carbons (Fsp3) is 0.308. The van der Waals surface area contributed by atoms with Crippen molar-refractivity contribution in [2.45, 2.75) is 25.7 Å². The number of rotatable bonds is 4. The molecule has 0 saturated carbocycles. The van der Waals surface area contributed by atoms with E-state index >= 15 is 0 Å². The van der Waals surface area contributed by atoms with E-state index in [1.165, 1.54) is 34.2 Å². The second-order valence-corrected chi connectivity index (χ2v) is 4.73. The molecule has 1 heterocycles. The predicted octanol–water partition coefficient (Wildman–Crippen LogP) is 4.45. The van der Waals surface area contributed by atoms with Crippen LogP contribution < -0.4 is 0 Å². The van der Waals surface area contributed by atoms with Crippen LogP contribution in [0.1, 0.15) is 24.1 Å². The zero-order valence-corrected chi connectivity index (χ0v) is 9.15. The Kier molecular flexibility index (Phi) is 3.20. The Morgan fingerprint density at radius 3 is 2.79 bits per heavy atom. The van der Waals surface area contributed by atoms with Crippen LogP contribution in [0.4, 0.5) is 0 Å². The summed E-state index contributed by atoms with van der Waals surface area (Å²) in [5.41, 5.74) is 0. The number of fused-ring (bicyclic) bond motifs is 1. The van der Waals surface area contributed by atoms with Gasteiger partial charge in [-0.05, 0) is 30.4 Å². The standard InChI is InChI=1S/C13H15S/c1-2-3-4-8-12-10-11-7-5-6-9-13(11)14-12/h5-7,9-10H,1-4,8H2. The van der Waals surface area contributed by atoms with Crippen molar-refractivity contribution in [3.8, 4) is 0 Å². The lowest BCUT2D eigenvalue weighted by Gasteiger charge is -1.93. The van der Waals surface area contributed by atoms with Crippen LogP contribution in [0.3, 0.4) is 0 Å².